The Hall–Kier alpha value is -1.89. The molecule has 6 nitrogen and oxygen atoms in total. The summed E-state index contributed by atoms with van der Waals surface area (Å²) in [7, 11) is 0. The number of Topliss-reactive ketones (excluding diaryl/α,β-unsaturated/α-hetero) is 1. The number of carbonyl (C=O) groups is 1. The maximum absolute atomic E-state index is 14.2. The molecule has 156 valence electrons. The lowest BCUT2D eigenvalue weighted by Gasteiger charge is -2.60. The molecule has 1 aromatic carbocycles. The van der Waals surface area contributed by atoms with Gasteiger partial charge in [-0.1, -0.05) is 12.1 Å². The number of aromatic hydroxyl groups is 1. The van der Waals surface area contributed by atoms with E-state index < -0.39 is 11.7 Å². The van der Waals surface area contributed by atoms with Gasteiger partial charge in [0, 0.05) is 24.3 Å². The van der Waals surface area contributed by atoms with Crippen LogP contribution in [0.4, 0.5) is 0 Å². The van der Waals surface area contributed by atoms with Gasteiger partial charge in [-0.25, -0.2) is 0 Å². The van der Waals surface area contributed by atoms with Gasteiger partial charge < -0.3 is 24.4 Å². The Kier molecular flexibility index (Phi) is 4.32. The summed E-state index contributed by atoms with van der Waals surface area (Å²) in [6.45, 7) is 7.17. The van der Waals surface area contributed by atoms with Crippen molar-refractivity contribution in [2.75, 3.05) is 19.7 Å². The van der Waals surface area contributed by atoms with Crippen LogP contribution >= 0.6 is 0 Å². The van der Waals surface area contributed by atoms with Crippen molar-refractivity contribution in [2.24, 2.45) is 5.92 Å². The monoisotopic (exact) mass is 399 g/mol. The molecule has 1 N–H and O–H groups in total. The Labute approximate surface area is 171 Å². The first-order valence-corrected chi connectivity index (χ1v) is 10.8. The van der Waals surface area contributed by atoms with E-state index in [-0.39, 0.29) is 28.1 Å². The second-order valence-corrected chi connectivity index (χ2v) is 9.14. The smallest absolute Gasteiger partial charge is 0.174 e. The number of hydrogen-bond acceptors (Lipinski definition) is 5. The molecule has 1 aliphatic heterocycles. The van der Waals surface area contributed by atoms with Crippen LogP contribution in [-0.4, -0.2) is 53.0 Å². The molecule has 5 atom stereocenters. The highest BCUT2D eigenvalue weighted by molar-refractivity contribution is 5.88. The van der Waals surface area contributed by atoms with Gasteiger partial charge in [-0.2, -0.15) is 0 Å². The Balaban J connectivity index is 1.69. The van der Waals surface area contributed by atoms with Gasteiger partial charge in [0.05, 0.1) is 25.6 Å². The molecule has 1 aromatic rings. The van der Waals surface area contributed by atoms with Crippen molar-refractivity contribution in [2.45, 2.75) is 62.7 Å². The fourth-order valence-corrected chi connectivity index (χ4v) is 5.99. The SMILES string of the molecule is C=CCO[C@@]12CCC(=O)[C@@H]3Oc4c(O)ccc(c4C31)C[C@H]2[N+]([O-])(CC)CC1CC1. The van der Waals surface area contributed by atoms with Gasteiger partial charge in [0.25, 0.3) is 0 Å². The molecule has 5 rings (SSSR count). The molecule has 6 heteroatoms. The zero-order valence-corrected chi connectivity index (χ0v) is 16.9. The lowest BCUT2D eigenvalue weighted by atomic mass is 9.61. The van der Waals surface area contributed by atoms with E-state index >= 15 is 0 Å². The van der Waals surface area contributed by atoms with Crippen LogP contribution in [-0.2, 0) is 16.0 Å². The molecule has 0 saturated heterocycles. The van der Waals surface area contributed by atoms with Gasteiger partial charge in [-0.15, -0.1) is 6.58 Å². The average molecular weight is 399 g/mol. The highest BCUT2D eigenvalue weighted by Crippen LogP contribution is 2.60. The van der Waals surface area contributed by atoms with Crippen molar-refractivity contribution in [1.29, 1.82) is 0 Å². The first-order valence-electron chi connectivity index (χ1n) is 10.8. The van der Waals surface area contributed by atoms with Crippen molar-refractivity contribution < 1.29 is 24.0 Å². The quantitative estimate of drug-likeness (QED) is 0.433. The Morgan fingerprint density at radius 2 is 2.24 bits per heavy atom. The molecule has 2 fully saturated rings. The summed E-state index contributed by atoms with van der Waals surface area (Å²) in [5.74, 6) is 0.620. The molecule has 0 spiro atoms. The molecule has 2 unspecified atom stereocenters. The fraction of sp³-hybridized carbons (Fsp3) is 0.609. The zero-order chi connectivity index (χ0) is 20.4. The predicted molar refractivity (Wildman–Crippen MR) is 108 cm³/mol. The number of benzene rings is 1. The molecule has 2 saturated carbocycles. The summed E-state index contributed by atoms with van der Waals surface area (Å²) in [6.07, 6.45) is 4.67. The Morgan fingerprint density at radius 3 is 2.93 bits per heavy atom. The summed E-state index contributed by atoms with van der Waals surface area (Å²) in [6, 6.07) is 3.21. The van der Waals surface area contributed by atoms with E-state index in [1.807, 2.05) is 13.0 Å². The van der Waals surface area contributed by atoms with Crippen LogP contribution in [0.5, 0.6) is 11.5 Å². The van der Waals surface area contributed by atoms with Gasteiger partial charge in [-0.05, 0) is 37.8 Å². The van der Waals surface area contributed by atoms with Crippen molar-refractivity contribution in [3.05, 3.63) is 41.1 Å². The summed E-state index contributed by atoms with van der Waals surface area (Å²) in [5, 5.41) is 24.6. The van der Waals surface area contributed by atoms with E-state index in [0.717, 1.165) is 24.0 Å². The molecule has 29 heavy (non-hydrogen) atoms. The van der Waals surface area contributed by atoms with Gasteiger partial charge in [-0.3, -0.25) is 4.79 Å². The summed E-state index contributed by atoms with van der Waals surface area (Å²) in [5.41, 5.74) is 1.09. The van der Waals surface area contributed by atoms with Crippen LogP contribution in [0.2, 0.25) is 0 Å². The van der Waals surface area contributed by atoms with E-state index in [9.17, 15) is 15.1 Å². The zero-order valence-electron chi connectivity index (χ0n) is 16.9. The summed E-state index contributed by atoms with van der Waals surface area (Å²) < 4.78 is 12.2. The molecule has 4 aliphatic rings. The van der Waals surface area contributed by atoms with Crippen LogP contribution in [0.15, 0.2) is 24.8 Å². The third kappa shape index (κ3) is 2.69. The van der Waals surface area contributed by atoms with Crippen molar-refractivity contribution >= 4 is 5.78 Å². The maximum atomic E-state index is 14.2. The van der Waals surface area contributed by atoms with Gasteiger partial charge in [0.15, 0.2) is 23.4 Å². The number of rotatable bonds is 7. The molecule has 1 heterocycles. The van der Waals surface area contributed by atoms with E-state index in [0.29, 0.717) is 50.6 Å². The van der Waals surface area contributed by atoms with Crippen LogP contribution in [0, 0.1) is 11.1 Å². The first kappa shape index (κ1) is 19.1. The number of ketones is 1. The largest absolute Gasteiger partial charge is 0.633 e. The van der Waals surface area contributed by atoms with E-state index in [4.69, 9.17) is 9.47 Å². The van der Waals surface area contributed by atoms with Crippen LogP contribution in [0.1, 0.15) is 49.7 Å². The maximum Gasteiger partial charge on any atom is 0.174 e. The summed E-state index contributed by atoms with van der Waals surface area (Å²) >= 11 is 0. The average Bonchev–Trinajstić information content (AvgIpc) is 3.42. The number of hydrogen-bond donors (Lipinski definition) is 1. The van der Waals surface area contributed by atoms with Crippen LogP contribution < -0.4 is 4.74 Å². The normalized spacial score (nSPS) is 34.3. The number of ether oxygens (including phenoxy) is 2. The Morgan fingerprint density at radius 1 is 1.45 bits per heavy atom. The molecule has 3 aliphatic carbocycles. The number of quaternary nitrogens is 1. The third-order valence-corrected chi connectivity index (χ3v) is 7.54. The van der Waals surface area contributed by atoms with Crippen LogP contribution in [0.3, 0.4) is 0 Å². The lowest BCUT2D eigenvalue weighted by molar-refractivity contribution is -0.914. The van der Waals surface area contributed by atoms with Crippen molar-refractivity contribution in [1.82, 2.24) is 0 Å². The van der Waals surface area contributed by atoms with Gasteiger partial charge in [0.2, 0.25) is 0 Å². The van der Waals surface area contributed by atoms with Gasteiger partial charge in [0.1, 0.15) is 11.6 Å². The molecular weight excluding hydrogens is 370 g/mol. The third-order valence-electron chi connectivity index (χ3n) is 7.54. The first-order chi connectivity index (χ1) is 13.9. The number of nitrogens with zero attached hydrogens (tertiary/aromatic N) is 1. The molecular formula is C23H29NO5. The second-order valence-electron chi connectivity index (χ2n) is 9.14. The molecule has 0 amide bonds. The highest BCUT2D eigenvalue weighted by atomic mass is 16.6. The topological polar surface area (TPSA) is 78.8 Å². The number of carbonyl (C=O) groups excluding carboxylic acids is 1. The molecule has 0 radical (unpaired) electrons. The van der Waals surface area contributed by atoms with E-state index in [2.05, 4.69) is 6.58 Å². The number of hydroxylamine groups is 3. The van der Waals surface area contributed by atoms with Gasteiger partial charge >= 0.3 is 0 Å². The van der Waals surface area contributed by atoms with Crippen LogP contribution in [0.25, 0.3) is 0 Å². The van der Waals surface area contributed by atoms with Crippen molar-refractivity contribution in [3.63, 3.8) is 0 Å². The highest BCUT2D eigenvalue weighted by Gasteiger charge is 2.66. The lowest BCUT2D eigenvalue weighted by Crippen LogP contribution is -2.70. The molecule has 0 bridgehead atoms. The van der Waals surface area contributed by atoms with E-state index in [1.54, 1.807) is 12.1 Å². The fourth-order valence-electron chi connectivity index (χ4n) is 5.99. The Bertz CT molecular complexity index is 861. The minimum absolute atomic E-state index is 0.0257. The predicted octanol–water partition coefficient (Wildman–Crippen LogP) is 3.21. The minimum Gasteiger partial charge on any atom is -0.633 e. The standard InChI is InChI=1S/C23H29NO5/c1-3-11-28-23-10-9-17(26)22-20(23)19-15(7-8-16(25)21(19)29-22)12-18(23)24(27,4-2)13-14-5-6-14/h3,7-8,14,18,20,22,25H,1,4-6,9-13H2,2H3/t18-,20?,22+,23-,24?/m1/s1. The number of phenols is 1. The summed E-state index contributed by atoms with van der Waals surface area (Å²) in [4.78, 5) is 12.8. The molecule has 0 aromatic heterocycles. The van der Waals surface area contributed by atoms with Crippen molar-refractivity contribution in [3.8, 4) is 11.5 Å². The second kappa shape index (κ2) is 6.56. The minimum atomic E-state index is -0.786. The van der Waals surface area contributed by atoms with E-state index in [1.165, 1.54) is 0 Å². The number of phenolic OH excluding ortho intramolecular Hbond substituents is 1. The number of likely N-dealkylation sites (N-methyl/N-ethyl adjacent to an activating group) is 1.